The van der Waals surface area contributed by atoms with E-state index in [0.29, 0.717) is 19.5 Å². The lowest BCUT2D eigenvalue weighted by molar-refractivity contribution is -0.122. The second kappa shape index (κ2) is 6.60. The van der Waals surface area contributed by atoms with Crippen molar-refractivity contribution < 1.29 is 4.79 Å². The van der Waals surface area contributed by atoms with E-state index >= 15 is 0 Å². The zero-order valence-electron chi connectivity index (χ0n) is 12.6. The fraction of sp³-hybridized carbons (Fsp3) is 0.353. The average molecular weight is 315 g/mol. The standard InChI is InChI=1S/C17H21N3OS/c1-11-5-6-16(22-11)13-4-2-3-12(7-13)9-20-17(21)15-8-14(18)10-19-15/h2-7,14-15,19H,8-10,18H2,1H3,(H,20,21)/t14-,15-/m0/s1. The van der Waals surface area contributed by atoms with Gasteiger partial charge in [0, 0.05) is 28.9 Å². The molecule has 0 bridgehead atoms. The third-order valence-corrected chi connectivity index (χ3v) is 4.95. The van der Waals surface area contributed by atoms with Crippen LogP contribution < -0.4 is 16.4 Å². The van der Waals surface area contributed by atoms with Crippen molar-refractivity contribution in [3.63, 3.8) is 0 Å². The van der Waals surface area contributed by atoms with E-state index in [0.717, 1.165) is 5.56 Å². The predicted molar refractivity (Wildman–Crippen MR) is 90.7 cm³/mol. The average Bonchev–Trinajstić information content (AvgIpc) is 3.14. The van der Waals surface area contributed by atoms with Gasteiger partial charge in [-0.1, -0.05) is 18.2 Å². The highest BCUT2D eigenvalue weighted by molar-refractivity contribution is 7.15. The monoisotopic (exact) mass is 315 g/mol. The Morgan fingerprint density at radius 1 is 1.41 bits per heavy atom. The summed E-state index contributed by atoms with van der Waals surface area (Å²) in [6.07, 6.45) is 0.709. The first-order chi connectivity index (χ1) is 10.6. The molecule has 4 N–H and O–H groups in total. The molecule has 0 aliphatic carbocycles. The molecule has 1 saturated heterocycles. The number of aryl methyl sites for hydroxylation is 1. The molecular formula is C17H21N3OS. The van der Waals surface area contributed by atoms with Gasteiger partial charge in [0.25, 0.3) is 0 Å². The highest BCUT2D eigenvalue weighted by Crippen LogP contribution is 2.28. The highest BCUT2D eigenvalue weighted by atomic mass is 32.1. The Hall–Kier alpha value is -1.69. The van der Waals surface area contributed by atoms with Gasteiger partial charge >= 0.3 is 0 Å². The van der Waals surface area contributed by atoms with Crippen LogP contribution in [0, 0.1) is 6.92 Å². The van der Waals surface area contributed by atoms with Crippen LogP contribution in [0.4, 0.5) is 0 Å². The first-order valence-corrected chi connectivity index (χ1v) is 8.36. The van der Waals surface area contributed by atoms with Crippen molar-refractivity contribution in [3.05, 3.63) is 46.8 Å². The van der Waals surface area contributed by atoms with Gasteiger partial charge in [-0.3, -0.25) is 4.79 Å². The minimum absolute atomic E-state index is 0.0327. The summed E-state index contributed by atoms with van der Waals surface area (Å²) in [6.45, 7) is 3.37. The van der Waals surface area contributed by atoms with Crippen LogP contribution in [0.5, 0.6) is 0 Å². The molecule has 0 radical (unpaired) electrons. The first-order valence-electron chi connectivity index (χ1n) is 7.54. The topological polar surface area (TPSA) is 67.2 Å². The maximum Gasteiger partial charge on any atom is 0.237 e. The van der Waals surface area contributed by atoms with E-state index in [9.17, 15) is 4.79 Å². The lowest BCUT2D eigenvalue weighted by Gasteiger charge is -2.11. The van der Waals surface area contributed by atoms with Crippen molar-refractivity contribution in [3.8, 4) is 10.4 Å². The van der Waals surface area contributed by atoms with Crippen molar-refractivity contribution in [2.75, 3.05) is 6.54 Å². The van der Waals surface area contributed by atoms with Crippen molar-refractivity contribution in [1.82, 2.24) is 10.6 Å². The number of nitrogens with one attached hydrogen (secondary N) is 2. The summed E-state index contributed by atoms with van der Waals surface area (Å²) in [5.41, 5.74) is 8.13. The fourth-order valence-corrected chi connectivity index (χ4v) is 3.56. The Kier molecular flexibility index (Phi) is 4.57. The van der Waals surface area contributed by atoms with Crippen molar-refractivity contribution in [1.29, 1.82) is 0 Å². The molecule has 5 heteroatoms. The van der Waals surface area contributed by atoms with Gasteiger partial charge in [-0.05, 0) is 42.7 Å². The number of benzene rings is 1. The van der Waals surface area contributed by atoms with Crippen LogP contribution in [-0.2, 0) is 11.3 Å². The van der Waals surface area contributed by atoms with E-state index < -0.39 is 0 Å². The zero-order valence-corrected chi connectivity index (χ0v) is 13.5. The van der Waals surface area contributed by atoms with Crippen molar-refractivity contribution >= 4 is 17.2 Å². The maximum atomic E-state index is 12.1. The van der Waals surface area contributed by atoms with Crippen LogP contribution in [0.15, 0.2) is 36.4 Å². The Balaban J connectivity index is 1.62. The number of nitrogens with two attached hydrogens (primary N) is 1. The third-order valence-electron chi connectivity index (χ3n) is 3.90. The van der Waals surface area contributed by atoms with Gasteiger partial charge in [0.2, 0.25) is 5.91 Å². The molecule has 1 aliphatic heterocycles. The Labute approximate surface area is 134 Å². The molecule has 3 rings (SSSR count). The Morgan fingerprint density at radius 2 is 2.27 bits per heavy atom. The first kappa shape index (κ1) is 15.2. The van der Waals surface area contributed by atoms with Crippen LogP contribution in [0.3, 0.4) is 0 Å². The molecule has 2 heterocycles. The SMILES string of the molecule is Cc1ccc(-c2cccc(CNC(=O)[C@@H]3C[C@H](N)CN3)c2)s1. The summed E-state index contributed by atoms with van der Waals surface area (Å²) < 4.78 is 0. The molecule has 4 nitrogen and oxygen atoms in total. The lowest BCUT2D eigenvalue weighted by atomic mass is 10.1. The van der Waals surface area contributed by atoms with Gasteiger partial charge in [0.1, 0.15) is 0 Å². The van der Waals surface area contributed by atoms with E-state index in [1.54, 1.807) is 11.3 Å². The molecule has 1 aromatic heterocycles. The summed E-state index contributed by atoms with van der Waals surface area (Å²) in [4.78, 5) is 14.7. The molecule has 1 aliphatic rings. The number of thiophene rings is 1. The number of hydrogen-bond donors (Lipinski definition) is 3. The molecule has 0 spiro atoms. The third kappa shape index (κ3) is 3.55. The van der Waals surface area contributed by atoms with Gasteiger partial charge in [-0.2, -0.15) is 0 Å². The molecule has 0 unspecified atom stereocenters. The van der Waals surface area contributed by atoms with E-state index in [-0.39, 0.29) is 18.0 Å². The van der Waals surface area contributed by atoms with Crippen LogP contribution in [-0.4, -0.2) is 24.5 Å². The summed E-state index contributed by atoms with van der Waals surface area (Å²) in [5, 5.41) is 6.14. The second-order valence-electron chi connectivity index (χ2n) is 5.79. The largest absolute Gasteiger partial charge is 0.351 e. The second-order valence-corrected chi connectivity index (χ2v) is 7.07. The Bertz CT molecular complexity index is 667. The molecule has 1 fully saturated rings. The number of amides is 1. The van der Waals surface area contributed by atoms with E-state index in [1.807, 2.05) is 12.1 Å². The van der Waals surface area contributed by atoms with E-state index in [2.05, 4.69) is 41.8 Å². The molecule has 22 heavy (non-hydrogen) atoms. The minimum Gasteiger partial charge on any atom is -0.351 e. The molecule has 116 valence electrons. The quantitative estimate of drug-likeness (QED) is 0.809. The van der Waals surface area contributed by atoms with Crippen LogP contribution in [0.2, 0.25) is 0 Å². The normalized spacial score (nSPS) is 21.0. The summed E-state index contributed by atoms with van der Waals surface area (Å²) in [5.74, 6) is 0.0327. The molecule has 1 aromatic carbocycles. The van der Waals surface area contributed by atoms with E-state index in [4.69, 9.17) is 5.73 Å². The zero-order chi connectivity index (χ0) is 15.5. The number of rotatable bonds is 4. The predicted octanol–water partition coefficient (Wildman–Crippen LogP) is 2.03. The van der Waals surface area contributed by atoms with Crippen LogP contribution in [0.1, 0.15) is 16.9 Å². The molecule has 0 saturated carbocycles. The summed E-state index contributed by atoms with van der Waals surface area (Å²) in [7, 11) is 0. The van der Waals surface area contributed by atoms with Gasteiger partial charge in [0.05, 0.1) is 6.04 Å². The van der Waals surface area contributed by atoms with Gasteiger partial charge in [-0.15, -0.1) is 11.3 Å². The smallest absolute Gasteiger partial charge is 0.237 e. The molecular weight excluding hydrogens is 294 g/mol. The molecule has 2 atom stereocenters. The summed E-state index contributed by atoms with van der Waals surface area (Å²) in [6, 6.07) is 12.5. The van der Waals surface area contributed by atoms with Crippen molar-refractivity contribution in [2.24, 2.45) is 5.73 Å². The molecule has 2 aromatic rings. The number of hydrogen-bond acceptors (Lipinski definition) is 4. The molecule has 1 amide bonds. The van der Waals surface area contributed by atoms with Gasteiger partial charge in [-0.25, -0.2) is 0 Å². The minimum atomic E-state index is -0.155. The maximum absolute atomic E-state index is 12.1. The highest BCUT2D eigenvalue weighted by Gasteiger charge is 2.26. The van der Waals surface area contributed by atoms with Crippen LogP contribution in [0.25, 0.3) is 10.4 Å². The number of carbonyl (C=O) groups excluding carboxylic acids is 1. The van der Waals surface area contributed by atoms with E-state index in [1.165, 1.54) is 15.3 Å². The fourth-order valence-electron chi connectivity index (χ4n) is 2.70. The Morgan fingerprint density at radius 3 is 2.95 bits per heavy atom. The number of carbonyl (C=O) groups is 1. The lowest BCUT2D eigenvalue weighted by Crippen LogP contribution is -2.40. The van der Waals surface area contributed by atoms with Gasteiger partial charge < -0.3 is 16.4 Å². The van der Waals surface area contributed by atoms with Gasteiger partial charge in [0.15, 0.2) is 0 Å². The summed E-state index contributed by atoms with van der Waals surface area (Å²) >= 11 is 1.78. The van der Waals surface area contributed by atoms with Crippen LogP contribution >= 0.6 is 11.3 Å². The van der Waals surface area contributed by atoms with Crippen molar-refractivity contribution in [2.45, 2.75) is 32.0 Å².